The summed E-state index contributed by atoms with van der Waals surface area (Å²) in [5, 5.41) is 15.6. The molecule has 1 fully saturated rings. The summed E-state index contributed by atoms with van der Waals surface area (Å²) in [5.41, 5.74) is 10.1. The van der Waals surface area contributed by atoms with Crippen molar-refractivity contribution in [3.8, 4) is 11.3 Å². The van der Waals surface area contributed by atoms with Gasteiger partial charge >= 0.3 is 0 Å². The van der Waals surface area contributed by atoms with E-state index in [1.807, 2.05) is 0 Å². The van der Waals surface area contributed by atoms with E-state index in [1.54, 1.807) is 0 Å². The third kappa shape index (κ3) is 1.51. The van der Waals surface area contributed by atoms with Gasteiger partial charge in [0.1, 0.15) is 29.2 Å². The van der Waals surface area contributed by atoms with Crippen LogP contribution in [0.15, 0.2) is 10.9 Å². The number of nitrogen functional groups attached to an aromatic ring is 1. The smallest absolute Gasteiger partial charge is 0.146 e. The summed E-state index contributed by atoms with van der Waals surface area (Å²) in [6.07, 6.45) is 4.43. The van der Waals surface area contributed by atoms with E-state index in [9.17, 15) is 5.11 Å². The van der Waals surface area contributed by atoms with E-state index in [4.69, 9.17) is 10.3 Å². The van der Waals surface area contributed by atoms with Gasteiger partial charge < -0.3 is 20.3 Å². The van der Waals surface area contributed by atoms with Crippen molar-refractivity contribution in [2.75, 3.05) is 5.73 Å². The number of fused-ring (bicyclic) bond motifs is 5. The molecule has 0 radical (unpaired) electrons. The van der Waals surface area contributed by atoms with Gasteiger partial charge in [-0.1, -0.05) is 5.16 Å². The average molecular weight is 297 g/mol. The number of nitrogens with two attached hydrogens (primary N) is 1. The number of nitrogens with one attached hydrogen (secondary N) is 1. The standard InChI is InChI=1S/C15H15N5O2/c16-14-11-9-7(19-15(11)18-5-17-14)3-4-8(21)10-12(9)20-22-13(10)6-1-2-6/h5-6,8,21H,1-4H2,(H3,16,17,18,19). The maximum Gasteiger partial charge on any atom is 0.146 e. The highest BCUT2D eigenvalue weighted by Crippen LogP contribution is 2.49. The summed E-state index contributed by atoms with van der Waals surface area (Å²) in [4.78, 5) is 11.6. The molecule has 1 saturated carbocycles. The van der Waals surface area contributed by atoms with Crippen molar-refractivity contribution in [2.45, 2.75) is 37.7 Å². The highest BCUT2D eigenvalue weighted by Gasteiger charge is 2.38. The SMILES string of the molecule is Nc1ncnc2[nH]c3c(c12)-c1noc(C2CC2)c1C(O)CC3. The number of aliphatic hydroxyl groups is 1. The van der Waals surface area contributed by atoms with Crippen molar-refractivity contribution >= 4 is 16.9 Å². The third-order valence-corrected chi connectivity index (χ3v) is 4.64. The first kappa shape index (κ1) is 12.2. The zero-order valence-electron chi connectivity index (χ0n) is 11.8. The van der Waals surface area contributed by atoms with Crippen molar-refractivity contribution in [3.63, 3.8) is 0 Å². The van der Waals surface area contributed by atoms with Gasteiger partial charge in [-0.25, -0.2) is 9.97 Å². The minimum atomic E-state index is -0.557. The van der Waals surface area contributed by atoms with Crippen LogP contribution in [0.25, 0.3) is 22.3 Å². The number of aliphatic hydroxyl groups excluding tert-OH is 1. The summed E-state index contributed by atoms with van der Waals surface area (Å²) in [5.74, 6) is 1.65. The van der Waals surface area contributed by atoms with Gasteiger partial charge in [0, 0.05) is 17.2 Å². The fourth-order valence-electron chi connectivity index (χ4n) is 3.42. The molecule has 0 spiro atoms. The Labute approximate surface area is 125 Å². The molecule has 0 bridgehead atoms. The van der Waals surface area contributed by atoms with E-state index in [2.05, 4.69) is 20.1 Å². The molecule has 2 aliphatic carbocycles. The zero-order valence-corrected chi connectivity index (χ0v) is 11.8. The van der Waals surface area contributed by atoms with Gasteiger partial charge in [0.2, 0.25) is 0 Å². The lowest BCUT2D eigenvalue weighted by Gasteiger charge is -2.08. The third-order valence-electron chi connectivity index (χ3n) is 4.64. The average Bonchev–Trinajstić information content (AvgIpc) is 3.17. The minimum Gasteiger partial charge on any atom is -0.388 e. The van der Waals surface area contributed by atoms with Crippen molar-refractivity contribution in [3.05, 3.63) is 23.3 Å². The van der Waals surface area contributed by atoms with E-state index >= 15 is 0 Å². The molecule has 2 aliphatic rings. The Hall–Kier alpha value is -2.41. The number of rotatable bonds is 1. The number of aromatic amines is 1. The lowest BCUT2D eigenvalue weighted by molar-refractivity contribution is 0.166. The maximum absolute atomic E-state index is 10.5. The molecule has 112 valence electrons. The van der Waals surface area contributed by atoms with Crippen LogP contribution in [0.3, 0.4) is 0 Å². The Morgan fingerprint density at radius 2 is 2.14 bits per heavy atom. The fraction of sp³-hybridized carbons (Fsp3) is 0.400. The Balaban J connectivity index is 1.86. The molecule has 7 heteroatoms. The first-order chi connectivity index (χ1) is 10.7. The first-order valence-corrected chi connectivity index (χ1v) is 7.53. The molecule has 3 aromatic heterocycles. The minimum absolute atomic E-state index is 0.395. The van der Waals surface area contributed by atoms with Gasteiger partial charge in [-0.15, -0.1) is 0 Å². The lowest BCUT2D eigenvalue weighted by atomic mass is 10.0. The number of anilines is 1. The quantitative estimate of drug-likeness (QED) is 0.633. The van der Waals surface area contributed by atoms with E-state index in [0.717, 1.165) is 40.8 Å². The van der Waals surface area contributed by atoms with Crippen LogP contribution in [-0.4, -0.2) is 25.2 Å². The molecule has 5 rings (SSSR count). The molecule has 22 heavy (non-hydrogen) atoms. The molecule has 7 nitrogen and oxygen atoms in total. The lowest BCUT2D eigenvalue weighted by Crippen LogP contribution is -2.00. The van der Waals surface area contributed by atoms with Crippen molar-refractivity contribution < 1.29 is 9.63 Å². The van der Waals surface area contributed by atoms with Crippen LogP contribution in [0.2, 0.25) is 0 Å². The Morgan fingerprint density at radius 1 is 1.27 bits per heavy atom. The van der Waals surface area contributed by atoms with Crippen molar-refractivity contribution in [2.24, 2.45) is 0 Å². The largest absolute Gasteiger partial charge is 0.388 e. The number of aryl methyl sites for hydroxylation is 1. The van der Waals surface area contributed by atoms with E-state index in [1.165, 1.54) is 6.33 Å². The van der Waals surface area contributed by atoms with Gasteiger partial charge in [-0.2, -0.15) is 0 Å². The second kappa shape index (κ2) is 4.07. The van der Waals surface area contributed by atoms with Crippen molar-refractivity contribution in [1.82, 2.24) is 20.1 Å². The van der Waals surface area contributed by atoms with Crippen molar-refractivity contribution in [1.29, 1.82) is 0 Å². The second-order valence-corrected chi connectivity index (χ2v) is 6.10. The van der Waals surface area contributed by atoms with Crippen LogP contribution < -0.4 is 5.73 Å². The first-order valence-electron chi connectivity index (χ1n) is 7.53. The molecule has 4 N–H and O–H groups in total. The molecule has 0 saturated heterocycles. The zero-order chi connectivity index (χ0) is 14.8. The van der Waals surface area contributed by atoms with Gasteiger partial charge in [0.15, 0.2) is 0 Å². The molecule has 0 aliphatic heterocycles. The maximum atomic E-state index is 10.5. The van der Waals surface area contributed by atoms with Gasteiger partial charge in [-0.05, 0) is 25.7 Å². The molecule has 1 atom stereocenters. The second-order valence-electron chi connectivity index (χ2n) is 6.10. The summed E-state index contributed by atoms with van der Waals surface area (Å²) in [6, 6.07) is 0. The predicted octanol–water partition coefficient (Wildman–Crippen LogP) is 2.05. The molecule has 3 aromatic rings. The van der Waals surface area contributed by atoms with Gasteiger partial charge in [0.25, 0.3) is 0 Å². The Bertz CT molecular complexity index is 893. The van der Waals surface area contributed by atoms with Crippen LogP contribution in [0.5, 0.6) is 0 Å². The number of H-pyrrole nitrogens is 1. The number of nitrogens with zero attached hydrogens (tertiary/aromatic N) is 3. The molecule has 0 aromatic carbocycles. The Kier molecular flexibility index (Phi) is 2.25. The van der Waals surface area contributed by atoms with Crippen LogP contribution in [0.4, 0.5) is 5.82 Å². The van der Waals surface area contributed by atoms with Crippen LogP contribution in [0.1, 0.15) is 48.3 Å². The van der Waals surface area contributed by atoms with Crippen LogP contribution in [-0.2, 0) is 6.42 Å². The summed E-state index contributed by atoms with van der Waals surface area (Å²) in [6.45, 7) is 0. The van der Waals surface area contributed by atoms with Gasteiger partial charge in [-0.3, -0.25) is 0 Å². The van der Waals surface area contributed by atoms with Crippen LogP contribution in [0, 0.1) is 0 Å². The van der Waals surface area contributed by atoms with E-state index in [-0.39, 0.29) is 0 Å². The monoisotopic (exact) mass is 297 g/mol. The number of hydrogen-bond donors (Lipinski definition) is 3. The normalized spacial score (nSPS) is 20.7. The van der Waals surface area contributed by atoms with Gasteiger partial charge in [0.05, 0.1) is 17.1 Å². The number of hydrogen-bond acceptors (Lipinski definition) is 6. The molecule has 3 heterocycles. The highest BCUT2D eigenvalue weighted by molar-refractivity contribution is 6.01. The predicted molar refractivity (Wildman–Crippen MR) is 79.1 cm³/mol. The van der Waals surface area contributed by atoms with E-state index in [0.29, 0.717) is 35.9 Å². The molecular formula is C15H15N5O2. The fourth-order valence-corrected chi connectivity index (χ4v) is 3.42. The Morgan fingerprint density at radius 3 is 2.95 bits per heavy atom. The van der Waals surface area contributed by atoms with Crippen LogP contribution >= 0.6 is 0 Å². The molecule has 0 amide bonds. The topological polar surface area (TPSA) is 114 Å². The summed E-state index contributed by atoms with van der Waals surface area (Å²) < 4.78 is 5.58. The molecule has 1 unspecified atom stereocenters. The van der Waals surface area contributed by atoms with E-state index < -0.39 is 6.10 Å². The summed E-state index contributed by atoms with van der Waals surface area (Å²) >= 11 is 0. The molecular weight excluding hydrogens is 282 g/mol. The summed E-state index contributed by atoms with van der Waals surface area (Å²) in [7, 11) is 0. The number of aromatic nitrogens is 4. The highest BCUT2D eigenvalue weighted by atomic mass is 16.5.